The van der Waals surface area contributed by atoms with Gasteiger partial charge in [-0.3, -0.25) is 0 Å². The Bertz CT molecular complexity index is 61.1. The van der Waals surface area contributed by atoms with E-state index in [4.69, 9.17) is 10.8 Å². The molecule has 41 valence electrons. The van der Waals surface area contributed by atoms with Gasteiger partial charge in [-0.2, -0.15) is 0 Å². The van der Waals surface area contributed by atoms with Crippen LogP contribution in [0.25, 0.3) is 0 Å². The normalized spacial score (nSPS) is 15.3. The van der Waals surface area contributed by atoms with E-state index >= 15 is 0 Å². The zero-order valence-corrected chi connectivity index (χ0v) is 4.33. The van der Waals surface area contributed by atoms with Gasteiger partial charge in [-0.05, 0) is 6.92 Å². The zero-order chi connectivity index (χ0) is 5.70. The van der Waals surface area contributed by atoms with Crippen LogP contribution in [0.3, 0.4) is 0 Å². The summed E-state index contributed by atoms with van der Waals surface area (Å²) in [5.74, 6) is 0. The fourth-order valence-electron chi connectivity index (χ4n) is 0.272. The number of allylic oxidation sites excluding steroid dienone is 1. The minimum atomic E-state index is -0.301. The predicted octanol–water partition coefficient (Wildman–Crippen LogP) is 0.424. The van der Waals surface area contributed by atoms with Crippen LogP contribution < -0.4 is 5.73 Å². The van der Waals surface area contributed by atoms with Crippen molar-refractivity contribution in [2.24, 2.45) is 5.73 Å². The molecule has 0 bridgehead atoms. The van der Waals surface area contributed by atoms with Gasteiger partial charge in [0.1, 0.15) is 6.61 Å². The number of aliphatic hydroxyl groups excluding tert-OH is 1. The molecule has 0 aromatic rings. The van der Waals surface area contributed by atoms with Crippen molar-refractivity contribution >= 4 is 0 Å². The third-order valence-corrected chi connectivity index (χ3v) is 0.587. The maximum Gasteiger partial charge on any atom is 0.100 e. The van der Waals surface area contributed by atoms with Crippen LogP contribution >= 0.6 is 0 Å². The fraction of sp³-hybridized carbons (Fsp3) is 0.400. The van der Waals surface area contributed by atoms with Gasteiger partial charge in [-0.1, -0.05) is 12.2 Å². The number of aliphatic hydroxyl groups is 1. The number of nitrogens with two attached hydrogens (primary N) is 1. The summed E-state index contributed by atoms with van der Waals surface area (Å²) in [4.78, 5) is 0. The summed E-state index contributed by atoms with van der Waals surface area (Å²) in [5.41, 5.74) is 5.19. The van der Waals surface area contributed by atoms with Crippen LogP contribution in [0, 0.1) is 6.61 Å². The second-order valence-electron chi connectivity index (χ2n) is 1.25. The van der Waals surface area contributed by atoms with Crippen molar-refractivity contribution in [2.45, 2.75) is 13.0 Å². The molecule has 7 heavy (non-hydrogen) atoms. The molecule has 0 spiro atoms. The van der Waals surface area contributed by atoms with E-state index in [0.717, 1.165) is 6.61 Å². The summed E-state index contributed by atoms with van der Waals surface area (Å²) in [6, 6.07) is -0.301. The molecule has 1 unspecified atom stereocenters. The lowest BCUT2D eigenvalue weighted by Crippen LogP contribution is -2.16. The smallest absolute Gasteiger partial charge is 0.100 e. The highest BCUT2D eigenvalue weighted by atomic mass is 16.3. The first-order valence-corrected chi connectivity index (χ1v) is 2.17. The van der Waals surface area contributed by atoms with Crippen molar-refractivity contribution in [3.05, 3.63) is 18.8 Å². The number of hydrogen-bond donors (Lipinski definition) is 2. The first-order chi connectivity index (χ1) is 3.31. The molecular formula is C5H10NO. The number of rotatable bonds is 2. The Morgan fingerprint density at radius 3 is 2.43 bits per heavy atom. The molecule has 0 aromatic heterocycles. The summed E-state index contributed by atoms with van der Waals surface area (Å²) >= 11 is 0. The molecule has 0 rings (SSSR count). The van der Waals surface area contributed by atoms with Crippen LogP contribution in [0.4, 0.5) is 0 Å². The van der Waals surface area contributed by atoms with Crippen molar-refractivity contribution in [1.29, 1.82) is 0 Å². The Hall–Kier alpha value is -0.340. The van der Waals surface area contributed by atoms with E-state index in [-0.39, 0.29) is 6.04 Å². The molecule has 0 saturated heterocycles. The Morgan fingerprint density at radius 2 is 2.29 bits per heavy atom. The largest absolute Gasteiger partial charge is 0.388 e. The van der Waals surface area contributed by atoms with Gasteiger partial charge in [0.05, 0.1) is 6.04 Å². The van der Waals surface area contributed by atoms with E-state index in [9.17, 15) is 0 Å². The summed E-state index contributed by atoms with van der Waals surface area (Å²) in [6.07, 6.45) is 3.48. The van der Waals surface area contributed by atoms with Crippen molar-refractivity contribution in [1.82, 2.24) is 0 Å². The molecule has 2 nitrogen and oxygen atoms in total. The van der Waals surface area contributed by atoms with E-state index in [1.165, 1.54) is 0 Å². The van der Waals surface area contributed by atoms with Crippen molar-refractivity contribution in [3.63, 3.8) is 0 Å². The zero-order valence-electron chi connectivity index (χ0n) is 4.33. The van der Waals surface area contributed by atoms with Crippen LogP contribution in [0.1, 0.15) is 6.92 Å². The van der Waals surface area contributed by atoms with Gasteiger partial charge in [0.2, 0.25) is 0 Å². The molecule has 0 aromatic carbocycles. The fourth-order valence-corrected chi connectivity index (χ4v) is 0.272. The van der Waals surface area contributed by atoms with E-state index in [1.807, 2.05) is 6.92 Å². The van der Waals surface area contributed by atoms with E-state index in [1.54, 1.807) is 12.2 Å². The van der Waals surface area contributed by atoms with Crippen LogP contribution in [-0.4, -0.2) is 11.1 Å². The molecule has 0 saturated carbocycles. The average Bonchev–Trinajstić information content (AvgIpc) is 1.68. The molecule has 0 aliphatic rings. The molecular weight excluding hydrogens is 90.1 g/mol. The van der Waals surface area contributed by atoms with E-state index in [2.05, 4.69) is 0 Å². The van der Waals surface area contributed by atoms with Crippen LogP contribution in [0.2, 0.25) is 0 Å². The average molecular weight is 100 g/mol. The maximum absolute atomic E-state index is 8.16. The van der Waals surface area contributed by atoms with Gasteiger partial charge in [0.15, 0.2) is 0 Å². The molecule has 1 radical (unpaired) electrons. The third kappa shape index (κ3) is 3.49. The molecule has 0 aliphatic heterocycles. The Balaban J connectivity index is 3.16. The molecule has 2 heteroatoms. The third-order valence-electron chi connectivity index (χ3n) is 0.587. The van der Waals surface area contributed by atoms with Crippen molar-refractivity contribution < 1.29 is 5.11 Å². The lowest BCUT2D eigenvalue weighted by atomic mass is 10.3. The predicted molar refractivity (Wildman–Crippen MR) is 29.0 cm³/mol. The topological polar surface area (TPSA) is 46.2 Å². The Morgan fingerprint density at radius 1 is 1.71 bits per heavy atom. The molecule has 0 heterocycles. The van der Waals surface area contributed by atoms with Gasteiger partial charge in [-0.25, -0.2) is 0 Å². The maximum atomic E-state index is 8.16. The van der Waals surface area contributed by atoms with Gasteiger partial charge in [0.25, 0.3) is 0 Å². The SMILES string of the molecule is C/C=C/C(N)[CH]O. The van der Waals surface area contributed by atoms with Crippen molar-refractivity contribution in [3.8, 4) is 0 Å². The standard InChI is InChI=1S/C5H10NO/c1-2-3-5(6)4-7/h2-5,7H,6H2,1H3/b3-2+. The Kier molecular flexibility index (Phi) is 3.65. The van der Waals surface area contributed by atoms with E-state index < -0.39 is 0 Å². The van der Waals surface area contributed by atoms with Gasteiger partial charge in [0, 0.05) is 0 Å². The van der Waals surface area contributed by atoms with Crippen LogP contribution in [0.15, 0.2) is 12.2 Å². The van der Waals surface area contributed by atoms with Gasteiger partial charge < -0.3 is 10.8 Å². The quantitative estimate of drug-likeness (QED) is 0.494. The van der Waals surface area contributed by atoms with E-state index in [0.29, 0.717) is 0 Å². The molecule has 1 atom stereocenters. The minimum absolute atomic E-state index is 0.301. The molecule has 0 amide bonds. The Labute approximate surface area is 43.6 Å². The highest BCUT2D eigenvalue weighted by Gasteiger charge is 1.88. The monoisotopic (exact) mass is 100 g/mol. The molecule has 3 N–H and O–H groups in total. The lowest BCUT2D eigenvalue weighted by molar-refractivity contribution is 0.370. The molecule has 0 fully saturated rings. The second-order valence-corrected chi connectivity index (χ2v) is 1.25. The number of hydrogen-bond acceptors (Lipinski definition) is 2. The minimum Gasteiger partial charge on any atom is -0.388 e. The molecule has 0 aliphatic carbocycles. The van der Waals surface area contributed by atoms with Crippen molar-refractivity contribution in [2.75, 3.05) is 0 Å². The summed E-state index contributed by atoms with van der Waals surface area (Å²) in [5, 5.41) is 8.16. The summed E-state index contributed by atoms with van der Waals surface area (Å²) < 4.78 is 0. The highest BCUT2D eigenvalue weighted by Crippen LogP contribution is 1.81. The first-order valence-electron chi connectivity index (χ1n) is 2.17. The van der Waals surface area contributed by atoms with Crippen LogP contribution in [-0.2, 0) is 0 Å². The highest BCUT2D eigenvalue weighted by molar-refractivity contribution is 4.92. The summed E-state index contributed by atoms with van der Waals surface area (Å²) in [7, 11) is 0. The van der Waals surface area contributed by atoms with Gasteiger partial charge >= 0.3 is 0 Å². The van der Waals surface area contributed by atoms with Crippen LogP contribution in [0.5, 0.6) is 0 Å². The first kappa shape index (κ1) is 6.66. The summed E-state index contributed by atoms with van der Waals surface area (Å²) in [6.45, 7) is 2.80. The van der Waals surface area contributed by atoms with Gasteiger partial charge in [-0.15, -0.1) is 0 Å². The lowest BCUT2D eigenvalue weighted by Gasteiger charge is -1.94. The second kappa shape index (κ2) is 3.84.